The Kier molecular flexibility index (Phi) is 32.4. The third kappa shape index (κ3) is 33.2. The quantitative estimate of drug-likeness (QED) is 0.0615. The number of esters is 2. The molecule has 0 atom stereocenters. The van der Waals surface area contributed by atoms with Gasteiger partial charge >= 0.3 is 11.9 Å². The molecule has 0 aliphatic heterocycles. The van der Waals surface area contributed by atoms with Crippen LogP contribution in [-0.4, -0.2) is 63.3 Å². The molecule has 6 heteroatoms. The van der Waals surface area contributed by atoms with Gasteiger partial charge in [0.25, 0.3) is 0 Å². The van der Waals surface area contributed by atoms with Gasteiger partial charge in [0.15, 0.2) is 0 Å². The maximum Gasteiger partial charge on any atom is 0.307 e. The lowest BCUT2D eigenvalue weighted by atomic mass is 10.1. The van der Waals surface area contributed by atoms with Crippen molar-refractivity contribution >= 4 is 11.9 Å². The molecule has 0 rings (SSSR count). The highest BCUT2D eigenvalue weighted by Crippen LogP contribution is 2.12. The summed E-state index contributed by atoms with van der Waals surface area (Å²) in [5, 5.41) is 3.30. The van der Waals surface area contributed by atoms with Crippen molar-refractivity contribution in [1.82, 2.24) is 10.2 Å². The first-order valence-corrected chi connectivity index (χ1v) is 17.8. The summed E-state index contributed by atoms with van der Waals surface area (Å²) in [4.78, 5) is 26.0. The minimum Gasteiger partial charge on any atom is -0.466 e. The number of hydrogen-bond donors (Lipinski definition) is 1. The maximum atomic E-state index is 12.0. The van der Waals surface area contributed by atoms with Gasteiger partial charge in [0.05, 0.1) is 26.1 Å². The second-order valence-corrected chi connectivity index (χ2v) is 12.1. The fourth-order valence-electron chi connectivity index (χ4n) is 5.03. The highest BCUT2D eigenvalue weighted by molar-refractivity contribution is 5.69. The molecule has 244 valence electrons. The average molecular weight is 583 g/mol. The summed E-state index contributed by atoms with van der Waals surface area (Å²) in [6, 6.07) is 0. The Morgan fingerprint density at radius 3 is 1.27 bits per heavy atom. The van der Waals surface area contributed by atoms with Gasteiger partial charge in [0.2, 0.25) is 0 Å². The van der Waals surface area contributed by atoms with Crippen LogP contribution in [0.4, 0.5) is 0 Å². The predicted octanol–water partition coefficient (Wildman–Crippen LogP) is 9.00. The first-order valence-electron chi connectivity index (χ1n) is 17.8. The van der Waals surface area contributed by atoms with Crippen molar-refractivity contribution in [2.24, 2.45) is 0 Å². The van der Waals surface area contributed by atoms with Gasteiger partial charge in [-0.3, -0.25) is 9.59 Å². The first kappa shape index (κ1) is 39.9. The van der Waals surface area contributed by atoms with Gasteiger partial charge in [-0.2, -0.15) is 0 Å². The van der Waals surface area contributed by atoms with Crippen molar-refractivity contribution in [2.45, 2.75) is 168 Å². The highest BCUT2D eigenvalue weighted by atomic mass is 16.5. The molecule has 0 saturated carbocycles. The zero-order valence-corrected chi connectivity index (χ0v) is 27.8. The fraction of sp³-hybridized carbons (Fsp3) is 0.943. The number of hydrogen-bond acceptors (Lipinski definition) is 6. The van der Waals surface area contributed by atoms with Crippen molar-refractivity contribution in [3.05, 3.63) is 0 Å². The summed E-state index contributed by atoms with van der Waals surface area (Å²) in [6.07, 6.45) is 29.4. The highest BCUT2D eigenvalue weighted by Gasteiger charge is 2.07. The van der Waals surface area contributed by atoms with E-state index in [0.29, 0.717) is 39.1 Å². The number of rotatable bonds is 33. The Bertz CT molecular complexity index is 558. The van der Waals surface area contributed by atoms with Crippen LogP contribution in [0.2, 0.25) is 0 Å². The second-order valence-electron chi connectivity index (χ2n) is 12.1. The van der Waals surface area contributed by atoms with Crippen LogP contribution in [0.1, 0.15) is 168 Å². The molecular formula is C35H70N2O4. The zero-order valence-electron chi connectivity index (χ0n) is 27.8. The molecule has 0 saturated heterocycles. The molecule has 0 unspecified atom stereocenters. The summed E-state index contributed by atoms with van der Waals surface area (Å²) >= 11 is 0. The Hall–Kier alpha value is -1.14. The number of unbranched alkanes of at least 4 members (excludes halogenated alkanes) is 20. The van der Waals surface area contributed by atoms with Gasteiger partial charge < -0.3 is 19.7 Å². The number of carbonyl (C=O) groups is 2. The molecule has 0 amide bonds. The third-order valence-corrected chi connectivity index (χ3v) is 7.90. The fourth-order valence-corrected chi connectivity index (χ4v) is 5.03. The van der Waals surface area contributed by atoms with Crippen LogP contribution in [0.3, 0.4) is 0 Å². The molecule has 0 aromatic heterocycles. The molecule has 1 N–H and O–H groups in total. The number of nitrogens with one attached hydrogen (secondary N) is 1. The van der Waals surface area contributed by atoms with Crippen molar-refractivity contribution in [3.63, 3.8) is 0 Å². The molecule has 0 spiro atoms. The van der Waals surface area contributed by atoms with E-state index in [9.17, 15) is 9.59 Å². The third-order valence-electron chi connectivity index (χ3n) is 7.90. The molecule has 0 heterocycles. The van der Waals surface area contributed by atoms with Crippen molar-refractivity contribution in [3.8, 4) is 0 Å². The Balaban J connectivity index is 3.37. The minimum atomic E-state index is -0.112. The minimum absolute atomic E-state index is 0.100. The van der Waals surface area contributed by atoms with Crippen LogP contribution in [0.5, 0.6) is 0 Å². The number of likely N-dealkylation sites (N-methyl/N-ethyl adjacent to an activating group) is 1. The van der Waals surface area contributed by atoms with Gasteiger partial charge in [0.1, 0.15) is 0 Å². The summed E-state index contributed by atoms with van der Waals surface area (Å²) in [5.74, 6) is -0.212. The van der Waals surface area contributed by atoms with Gasteiger partial charge in [-0.25, -0.2) is 0 Å². The molecule has 0 aliphatic carbocycles. The molecular weight excluding hydrogens is 512 g/mol. The van der Waals surface area contributed by atoms with Crippen LogP contribution in [0.15, 0.2) is 0 Å². The van der Waals surface area contributed by atoms with Crippen molar-refractivity contribution < 1.29 is 19.1 Å². The van der Waals surface area contributed by atoms with Crippen LogP contribution in [-0.2, 0) is 19.1 Å². The lowest BCUT2D eigenvalue weighted by Gasteiger charge is -2.16. The Morgan fingerprint density at radius 2 is 0.854 bits per heavy atom. The Morgan fingerprint density at radius 1 is 0.488 bits per heavy atom. The van der Waals surface area contributed by atoms with Gasteiger partial charge in [0, 0.05) is 26.2 Å². The normalized spacial score (nSPS) is 11.3. The summed E-state index contributed by atoms with van der Waals surface area (Å²) in [6.45, 7) is 8.57. The topological polar surface area (TPSA) is 67.9 Å². The number of carbonyl (C=O) groups excluding carboxylic acids is 2. The van der Waals surface area contributed by atoms with E-state index in [1.165, 1.54) is 116 Å². The number of ether oxygens (including phenoxy) is 2. The Labute approximate surface area is 255 Å². The molecule has 0 bridgehead atoms. The van der Waals surface area contributed by atoms with Crippen LogP contribution < -0.4 is 5.32 Å². The van der Waals surface area contributed by atoms with E-state index < -0.39 is 0 Å². The molecule has 41 heavy (non-hydrogen) atoms. The molecule has 0 aliphatic rings. The standard InChI is InChI=1S/C35H70N2O4/c1-4-6-8-10-12-14-16-17-19-21-22-24-32-40-34(38)26-28-36-29-31-37(3)30-27-35(39)41-33-25-23-20-18-15-13-11-9-7-5-2/h36H,4-33H2,1-3H3. The monoisotopic (exact) mass is 583 g/mol. The molecule has 0 fully saturated rings. The molecule has 0 radical (unpaired) electrons. The molecule has 0 aromatic rings. The van der Waals surface area contributed by atoms with E-state index >= 15 is 0 Å². The summed E-state index contributed by atoms with van der Waals surface area (Å²) in [7, 11) is 2.01. The van der Waals surface area contributed by atoms with Crippen molar-refractivity contribution in [2.75, 3.05) is 46.4 Å². The van der Waals surface area contributed by atoms with E-state index in [4.69, 9.17) is 9.47 Å². The van der Waals surface area contributed by atoms with Crippen molar-refractivity contribution in [1.29, 1.82) is 0 Å². The lowest BCUT2D eigenvalue weighted by molar-refractivity contribution is -0.144. The molecule has 0 aromatic carbocycles. The predicted molar refractivity (Wildman–Crippen MR) is 174 cm³/mol. The van der Waals surface area contributed by atoms with E-state index in [0.717, 1.165) is 38.8 Å². The van der Waals surface area contributed by atoms with Gasteiger partial charge in [-0.05, 0) is 19.9 Å². The zero-order chi connectivity index (χ0) is 30.1. The van der Waals surface area contributed by atoms with Gasteiger partial charge in [-0.1, -0.05) is 142 Å². The van der Waals surface area contributed by atoms with Gasteiger partial charge in [-0.15, -0.1) is 0 Å². The lowest BCUT2D eigenvalue weighted by Crippen LogP contribution is -2.32. The average Bonchev–Trinajstić information content (AvgIpc) is 2.97. The largest absolute Gasteiger partial charge is 0.466 e. The number of nitrogens with zero attached hydrogens (tertiary/aromatic N) is 1. The molecule has 6 nitrogen and oxygen atoms in total. The first-order chi connectivity index (χ1) is 20.1. The van der Waals surface area contributed by atoms with E-state index in [1.54, 1.807) is 0 Å². The smallest absolute Gasteiger partial charge is 0.307 e. The summed E-state index contributed by atoms with van der Waals surface area (Å²) in [5.41, 5.74) is 0. The van der Waals surface area contributed by atoms with E-state index in [1.807, 2.05) is 7.05 Å². The SMILES string of the molecule is CCCCCCCCCCCCCCOC(=O)CCNCCN(C)CCC(=O)OCCCCCCCCCCCC. The van der Waals surface area contributed by atoms with Crippen LogP contribution >= 0.6 is 0 Å². The maximum absolute atomic E-state index is 12.0. The van der Waals surface area contributed by atoms with Crippen LogP contribution in [0, 0.1) is 0 Å². The van der Waals surface area contributed by atoms with E-state index in [-0.39, 0.29) is 11.9 Å². The van der Waals surface area contributed by atoms with E-state index in [2.05, 4.69) is 24.1 Å². The second kappa shape index (κ2) is 33.4. The summed E-state index contributed by atoms with van der Waals surface area (Å²) < 4.78 is 10.8. The van der Waals surface area contributed by atoms with Crippen LogP contribution in [0.25, 0.3) is 0 Å².